The Labute approximate surface area is 77.5 Å². The Morgan fingerprint density at radius 3 is 2.46 bits per heavy atom. The second kappa shape index (κ2) is 3.05. The maximum absolute atomic E-state index is 11.6. The lowest BCUT2D eigenvalue weighted by Gasteiger charge is -2.14. The minimum absolute atomic E-state index is 0.0141. The van der Waals surface area contributed by atoms with Gasteiger partial charge in [-0.1, -0.05) is 24.3 Å². The van der Waals surface area contributed by atoms with Crippen molar-refractivity contribution in [2.75, 3.05) is 4.90 Å². The number of para-hydroxylation sites is 1. The predicted octanol–water partition coefficient (Wildman–Crippen LogP) is 2.18. The largest absolute Gasteiger partial charge is 0.288 e. The van der Waals surface area contributed by atoms with Crippen LogP contribution in [0.25, 0.3) is 0 Å². The monoisotopic (exact) mass is 173 g/mol. The van der Waals surface area contributed by atoms with Crippen LogP contribution in [0.4, 0.5) is 5.69 Å². The zero-order chi connectivity index (χ0) is 9.26. The van der Waals surface area contributed by atoms with Gasteiger partial charge in [-0.05, 0) is 19.1 Å². The minimum Gasteiger partial charge on any atom is -0.288 e. The van der Waals surface area contributed by atoms with Gasteiger partial charge >= 0.3 is 0 Å². The van der Waals surface area contributed by atoms with Crippen LogP contribution in [0.15, 0.2) is 42.6 Å². The molecule has 1 unspecified atom stereocenters. The number of amides is 1. The molecular weight excluding hydrogens is 162 g/mol. The van der Waals surface area contributed by atoms with E-state index in [0.717, 1.165) is 5.69 Å². The van der Waals surface area contributed by atoms with E-state index in [-0.39, 0.29) is 11.8 Å². The average Bonchev–Trinajstić information content (AvgIpc) is 2.49. The molecule has 0 saturated carbocycles. The molecule has 1 amide bonds. The fraction of sp³-hybridized carbons (Fsp3) is 0.182. The smallest absolute Gasteiger partial charge is 0.237 e. The molecular formula is C11H11NO. The SMILES string of the molecule is CC1C=CN(c2ccccc2)C1=O. The average molecular weight is 173 g/mol. The molecule has 0 spiro atoms. The first-order valence-corrected chi connectivity index (χ1v) is 4.35. The molecule has 0 fully saturated rings. The van der Waals surface area contributed by atoms with Crippen molar-refractivity contribution in [3.8, 4) is 0 Å². The van der Waals surface area contributed by atoms with Gasteiger partial charge in [-0.25, -0.2) is 0 Å². The van der Waals surface area contributed by atoms with E-state index in [9.17, 15) is 4.79 Å². The third kappa shape index (κ3) is 1.35. The van der Waals surface area contributed by atoms with Crippen LogP contribution >= 0.6 is 0 Å². The predicted molar refractivity (Wildman–Crippen MR) is 52.2 cm³/mol. The Morgan fingerprint density at radius 1 is 1.23 bits per heavy atom. The summed E-state index contributed by atoms with van der Waals surface area (Å²) in [5.41, 5.74) is 0.938. The first-order valence-electron chi connectivity index (χ1n) is 4.35. The van der Waals surface area contributed by atoms with Gasteiger partial charge in [0.15, 0.2) is 0 Å². The van der Waals surface area contributed by atoms with Crippen LogP contribution in [0, 0.1) is 5.92 Å². The lowest BCUT2D eigenvalue weighted by atomic mass is 10.2. The standard InChI is InChI=1S/C11H11NO/c1-9-7-8-12(11(9)13)10-5-3-2-4-6-10/h2-9H,1H3. The molecule has 1 aromatic carbocycles. The van der Waals surface area contributed by atoms with Gasteiger partial charge < -0.3 is 0 Å². The summed E-state index contributed by atoms with van der Waals surface area (Å²) < 4.78 is 0. The second-order valence-corrected chi connectivity index (χ2v) is 3.17. The highest BCUT2D eigenvalue weighted by Crippen LogP contribution is 2.21. The number of rotatable bonds is 1. The van der Waals surface area contributed by atoms with E-state index in [4.69, 9.17) is 0 Å². The van der Waals surface area contributed by atoms with Gasteiger partial charge in [0.05, 0.1) is 5.92 Å². The van der Waals surface area contributed by atoms with Crippen LogP contribution < -0.4 is 4.90 Å². The van der Waals surface area contributed by atoms with E-state index < -0.39 is 0 Å². The highest BCUT2D eigenvalue weighted by atomic mass is 16.2. The van der Waals surface area contributed by atoms with Crippen molar-refractivity contribution in [1.82, 2.24) is 0 Å². The highest BCUT2D eigenvalue weighted by molar-refractivity contribution is 6.00. The molecule has 1 atom stereocenters. The molecule has 66 valence electrons. The van der Waals surface area contributed by atoms with Crippen molar-refractivity contribution < 1.29 is 4.79 Å². The number of anilines is 1. The van der Waals surface area contributed by atoms with E-state index in [2.05, 4.69) is 0 Å². The number of hydrogen-bond acceptors (Lipinski definition) is 1. The van der Waals surface area contributed by atoms with E-state index in [1.807, 2.05) is 49.5 Å². The summed E-state index contributed by atoms with van der Waals surface area (Å²) in [5.74, 6) is 0.159. The third-order valence-corrected chi connectivity index (χ3v) is 2.19. The van der Waals surface area contributed by atoms with Gasteiger partial charge in [-0.2, -0.15) is 0 Å². The van der Waals surface area contributed by atoms with Crippen molar-refractivity contribution in [1.29, 1.82) is 0 Å². The van der Waals surface area contributed by atoms with Gasteiger partial charge in [0, 0.05) is 11.9 Å². The summed E-state index contributed by atoms with van der Waals surface area (Å²) in [4.78, 5) is 13.3. The summed E-state index contributed by atoms with van der Waals surface area (Å²) in [7, 11) is 0. The Hall–Kier alpha value is -1.57. The number of carbonyl (C=O) groups excluding carboxylic acids is 1. The van der Waals surface area contributed by atoms with Gasteiger partial charge in [0.2, 0.25) is 5.91 Å². The first kappa shape index (κ1) is 8.05. The van der Waals surface area contributed by atoms with E-state index in [1.165, 1.54) is 0 Å². The molecule has 0 radical (unpaired) electrons. The maximum Gasteiger partial charge on any atom is 0.237 e. The molecule has 1 aliphatic heterocycles. The number of carbonyl (C=O) groups is 1. The van der Waals surface area contributed by atoms with Crippen molar-refractivity contribution in [3.05, 3.63) is 42.6 Å². The Bertz CT molecular complexity index is 342. The van der Waals surface area contributed by atoms with Crippen LogP contribution in [0.2, 0.25) is 0 Å². The van der Waals surface area contributed by atoms with Crippen LogP contribution in [0.1, 0.15) is 6.92 Å². The Kier molecular flexibility index (Phi) is 1.89. The van der Waals surface area contributed by atoms with Crippen LogP contribution in [-0.2, 0) is 4.79 Å². The van der Waals surface area contributed by atoms with Gasteiger partial charge in [0.1, 0.15) is 0 Å². The van der Waals surface area contributed by atoms with E-state index in [1.54, 1.807) is 4.90 Å². The Morgan fingerprint density at radius 2 is 1.92 bits per heavy atom. The van der Waals surface area contributed by atoms with Crippen LogP contribution in [0.5, 0.6) is 0 Å². The number of nitrogens with zero attached hydrogens (tertiary/aromatic N) is 1. The molecule has 2 rings (SSSR count). The van der Waals surface area contributed by atoms with Crippen molar-refractivity contribution in [2.24, 2.45) is 5.92 Å². The number of hydrogen-bond donors (Lipinski definition) is 0. The summed E-state index contributed by atoms with van der Waals surface area (Å²) >= 11 is 0. The van der Waals surface area contributed by atoms with Crippen molar-refractivity contribution >= 4 is 11.6 Å². The second-order valence-electron chi connectivity index (χ2n) is 3.17. The summed E-state index contributed by atoms with van der Waals surface area (Å²) in [6, 6.07) is 9.66. The quantitative estimate of drug-likeness (QED) is 0.637. The molecule has 1 heterocycles. The summed E-state index contributed by atoms with van der Waals surface area (Å²) in [6.45, 7) is 1.90. The fourth-order valence-electron chi connectivity index (χ4n) is 1.39. The van der Waals surface area contributed by atoms with E-state index in [0.29, 0.717) is 0 Å². The van der Waals surface area contributed by atoms with E-state index >= 15 is 0 Å². The zero-order valence-corrected chi connectivity index (χ0v) is 7.47. The molecule has 1 aromatic rings. The molecule has 2 heteroatoms. The summed E-state index contributed by atoms with van der Waals surface area (Å²) in [5, 5.41) is 0. The minimum atomic E-state index is 0.0141. The van der Waals surface area contributed by atoms with Gasteiger partial charge in [-0.3, -0.25) is 9.69 Å². The van der Waals surface area contributed by atoms with Crippen molar-refractivity contribution in [3.63, 3.8) is 0 Å². The molecule has 0 aliphatic carbocycles. The molecule has 0 N–H and O–H groups in total. The molecule has 1 aliphatic rings. The third-order valence-electron chi connectivity index (χ3n) is 2.19. The van der Waals surface area contributed by atoms with Crippen LogP contribution in [-0.4, -0.2) is 5.91 Å². The molecule has 2 nitrogen and oxygen atoms in total. The maximum atomic E-state index is 11.6. The normalized spacial score (nSPS) is 21.2. The molecule has 0 aromatic heterocycles. The number of benzene rings is 1. The zero-order valence-electron chi connectivity index (χ0n) is 7.47. The van der Waals surface area contributed by atoms with Crippen LogP contribution in [0.3, 0.4) is 0 Å². The fourth-order valence-corrected chi connectivity index (χ4v) is 1.39. The van der Waals surface area contributed by atoms with Gasteiger partial charge in [0.25, 0.3) is 0 Å². The molecule has 0 bridgehead atoms. The first-order chi connectivity index (χ1) is 6.29. The highest BCUT2D eigenvalue weighted by Gasteiger charge is 2.23. The van der Waals surface area contributed by atoms with Gasteiger partial charge in [-0.15, -0.1) is 0 Å². The lowest BCUT2D eigenvalue weighted by molar-refractivity contribution is -0.119. The topological polar surface area (TPSA) is 20.3 Å². The Balaban J connectivity index is 2.30. The molecule has 13 heavy (non-hydrogen) atoms. The molecule has 0 saturated heterocycles. The summed E-state index contributed by atoms with van der Waals surface area (Å²) in [6.07, 6.45) is 3.75. The lowest BCUT2D eigenvalue weighted by Crippen LogP contribution is -2.23. The van der Waals surface area contributed by atoms with Crippen molar-refractivity contribution in [2.45, 2.75) is 6.92 Å².